The van der Waals surface area contributed by atoms with Crippen molar-refractivity contribution in [1.29, 1.82) is 0 Å². The first-order valence-corrected chi connectivity index (χ1v) is 9.86. The monoisotopic (exact) mass is 438 g/mol. The number of carbonyl (C=O) groups excluding carboxylic acids is 2. The van der Waals surface area contributed by atoms with Crippen LogP contribution in [-0.4, -0.2) is 97.9 Å². The number of carbonyl (C=O) groups is 2. The van der Waals surface area contributed by atoms with Gasteiger partial charge in [-0.15, -0.1) is 0 Å². The predicted molar refractivity (Wildman–Crippen MR) is 102 cm³/mol. The molecular weight excluding hydrogens is 404 g/mol. The summed E-state index contributed by atoms with van der Waals surface area (Å²) in [5.41, 5.74) is 0. The molecule has 0 saturated carbocycles. The molecular formula is C18H34N2O10. The maximum atomic E-state index is 11.0. The van der Waals surface area contributed by atoms with E-state index in [1.807, 2.05) is 0 Å². The highest BCUT2D eigenvalue weighted by Crippen LogP contribution is 2.20. The van der Waals surface area contributed by atoms with Crippen LogP contribution < -0.4 is 10.6 Å². The van der Waals surface area contributed by atoms with E-state index in [1.165, 1.54) is 14.2 Å². The second-order valence-electron chi connectivity index (χ2n) is 7.11. The van der Waals surface area contributed by atoms with E-state index in [9.17, 15) is 9.59 Å². The fourth-order valence-electron chi connectivity index (χ4n) is 3.36. The van der Waals surface area contributed by atoms with Gasteiger partial charge in [-0.3, -0.25) is 0 Å². The Balaban J connectivity index is 0.000000300. The van der Waals surface area contributed by atoms with Crippen LogP contribution in [0, 0.1) is 11.8 Å². The van der Waals surface area contributed by atoms with Crippen molar-refractivity contribution in [3.05, 3.63) is 0 Å². The highest BCUT2D eigenvalue weighted by molar-refractivity contribution is 5.67. The third kappa shape index (κ3) is 9.41. The van der Waals surface area contributed by atoms with Crippen molar-refractivity contribution in [2.75, 3.05) is 40.6 Å². The highest BCUT2D eigenvalue weighted by atomic mass is 16.5. The van der Waals surface area contributed by atoms with Crippen molar-refractivity contribution in [2.24, 2.45) is 11.8 Å². The number of aliphatic hydroxyl groups excluding tert-OH is 2. The first-order valence-electron chi connectivity index (χ1n) is 9.86. The van der Waals surface area contributed by atoms with E-state index in [0.717, 1.165) is 25.7 Å². The summed E-state index contributed by atoms with van der Waals surface area (Å²) in [6.07, 6.45) is -1.23. The molecule has 2 rings (SSSR count). The van der Waals surface area contributed by atoms with Crippen molar-refractivity contribution in [2.45, 2.75) is 50.3 Å². The topological polar surface area (TPSA) is 176 Å². The van der Waals surface area contributed by atoms with Gasteiger partial charge in [-0.2, -0.15) is 0 Å². The Morgan fingerprint density at radius 3 is 1.40 bits per heavy atom. The molecule has 2 aliphatic heterocycles. The average molecular weight is 438 g/mol. The SMILES string of the molecule is COC(=O)N[C@H](C(O)O)[C@@H]1CCCOC1.COC(=O)N[C@H](C(O)O)[C@H]1CCCOC1. The Kier molecular flexibility index (Phi) is 12.6. The minimum absolute atomic E-state index is 0.0853. The van der Waals surface area contributed by atoms with E-state index in [2.05, 4.69) is 20.1 Å². The van der Waals surface area contributed by atoms with Crippen molar-refractivity contribution < 1.29 is 49.0 Å². The van der Waals surface area contributed by atoms with Gasteiger partial charge in [-0.25, -0.2) is 9.59 Å². The summed E-state index contributed by atoms with van der Waals surface area (Å²) in [4.78, 5) is 21.9. The largest absolute Gasteiger partial charge is 0.453 e. The Hall–Kier alpha value is -1.70. The summed E-state index contributed by atoms with van der Waals surface area (Å²) < 4.78 is 19.2. The van der Waals surface area contributed by atoms with Gasteiger partial charge in [-0.05, 0) is 25.7 Å². The lowest BCUT2D eigenvalue weighted by molar-refractivity contribution is -0.0959. The third-order valence-corrected chi connectivity index (χ3v) is 4.99. The van der Waals surface area contributed by atoms with Crippen LogP contribution in [0.5, 0.6) is 0 Å². The van der Waals surface area contributed by atoms with E-state index in [-0.39, 0.29) is 11.8 Å². The van der Waals surface area contributed by atoms with Crippen LogP contribution >= 0.6 is 0 Å². The summed E-state index contributed by atoms with van der Waals surface area (Å²) in [7, 11) is 2.46. The molecule has 0 bridgehead atoms. The molecule has 4 atom stereocenters. The van der Waals surface area contributed by atoms with E-state index in [0.29, 0.717) is 26.4 Å². The Morgan fingerprint density at radius 2 is 1.17 bits per heavy atom. The quantitative estimate of drug-likeness (QED) is 0.279. The second-order valence-corrected chi connectivity index (χ2v) is 7.11. The lowest BCUT2D eigenvalue weighted by atomic mass is 9.93. The smallest absolute Gasteiger partial charge is 0.407 e. The molecule has 0 unspecified atom stereocenters. The molecule has 0 radical (unpaired) electrons. The van der Waals surface area contributed by atoms with Crippen LogP contribution in [-0.2, 0) is 18.9 Å². The van der Waals surface area contributed by atoms with Crippen molar-refractivity contribution in [3.63, 3.8) is 0 Å². The molecule has 2 heterocycles. The summed E-state index contributed by atoms with van der Waals surface area (Å²) in [6, 6.07) is -1.48. The zero-order chi connectivity index (χ0) is 22.5. The van der Waals surface area contributed by atoms with Crippen LogP contribution in [0.2, 0.25) is 0 Å². The van der Waals surface area contributed by atoms with Gasteiger partial charge in [0.2, 0.25) is 0 Å². The first kappa shape index (κ1) is 26.3. The molecule has 0 aromatic heterocycles. The van der Waals surface area contributed by atoms with E-state index in [4.69, 9.17) is 29.9 Å². The fraction of sp³-hybridized carbons (Fsp3) is 0.889. The van der Waals surface area contributed by atoms with Gasteiger partial charge in [0.25, 0.3) is 0 Å². The third-order valence-electron chi connectivity index (χ3n) is 4.99. The number of hydrogen-bond donors (Lipinski definition) is 6. The standard InChI is InChI=1S/2C9H17NO5/c2*1-14-9(13)10-7(8(11)12)6-3-2-4-15-5-6/h2*6-8,11-12H,2-5H2,1H3,(H,10,13)/t6-,7+;6-,7-/m10/s1. The molecule has 2 amide bonds. The van der Waals surface area contributed by atoms with Crippen LogP contribution in [0.3, 0.4) is 0 Å². The Bertz CT molecular complexity index is 449. The van der Waals surface area contributed by atoms with Gasteiger partial charge in [0.15, 0.2) is 12.6 Å². The molecule has 0 spiro atoms. The maximum Gasteiger partial charge on any atom is 0.407 e. The Morgan fingerprint density at radius 1 is 0.800 bits per heavy atom. The first-order chi connectivity index (χ1) is 14.3. The zero-order valence-corrected chi connectivity index (χ0v) is 17.4. The van der Waals surface area contributed by atoms with Gasteiger partial charge in [0, 0.05) is 25.0 Å². The summed E-state index contributed by atoms with van der Waals surface area (Å²) in [5.74, 6) is -0.171. The summed E-state index contributed by atoms with van der Waals surface area (Å²) in [6.45, 7) is 2.21. The number of methoxy groups -OCH3 is 2. The normalized spacial score (nSPS) is 23.6. The van der Waals surface area contributed by atoms with Crippen LogP contribution in [0.25, 0.3) is 0 Å². The molecule has 2 aliphatic rings. The van der Waals surface area contributed by atoms with Crippen LogP contribution in [0.15, 0.2) is 0 Å². The molecule has 2 fully saturated rings. The summed E-state index contributed by atoms with van der Waals surface area (Å²) in [5, 5.41) is 41.3. The summed E-state index contributed by atoms with van der Waals surface area (Å²) >= 11 is 0. The zero-order valence-electron chi connectivity index (χ0n) is 17.4. The molecule has 12 heteroatoms. The Labute approximate surface area is 175 Å². The highest BCUT2D eigenvalue weighted by Gasteiger charge is 2.31. The van der Waals surface area contributed by atoms with E-state index < -0.39 is 36.9 Å². The maximum absolute atomic E-state index is 11.0. The molecule has 0 aliphatic carbocycles. The van der Waals surface area contributed by atoms with Crippen LogP contribution in [0.1, 0.15) is 25.7 Å². The number of alkyl carbamates (subject to hydrolysis) is 2. The number of hydrogen-bond acceptors (Lipinski definition) is 10. The number of amides is 2. The fourth-order valence-corrected chi connectivity index (χ4v) is 3.36. The number of aliphatic hydroxyl groups is 4. The lowest BCUT2D eigenvalue weighted by Crippen LogP contribution is -2.50. The van der Waals surface area contributed by atoms with E-state index in [1.54, 1.807) is 0 Å². The van der Waals surface area contributed by atoms with Gasteiger partial charge in [0.1, 0.15) is 0 Å². The lowest BCUT2D eigenvalue weighted by Gasteiger charge is -2.31. The van der Waals surface area contributed by atoms with Crippen molar-refractivity contribution >= 4 is 12.2 Å². The van der Waals surface area contributed by atoms with Gasteiger partial charge in [-0.1, -0.05) is 0 Å². The molecule has 6 N–H and O–H groups in total. The van der Waals surface area contributed by atoms with Crippen LogP contribution in [0.4, 0.5) is 9.59 Å². The number of ether oxygens (including phenoxy) is 4. The molecule has 12 nitrogen and oxygen atoms in total. The van der Waals surface area contributed by atoms with Crippen molar-refractivity contribution in [1.82, 2.24) is 10.6 Å². The second kappa shape index (κ2) is 14.3. The molecule has 0 aromatic rings. The minimum atomic E-state index is -1.60. The molecule has 0 aromatic carbocycles. The van der Waals surface area contributed by atoms with Gasteiger partial charge < -0.3 is 50.0 Å². The molecule has 30 heavy (non-hydrogen) atoms. The number of rotatable bonds is 6. The van der Waals surface area contributed by atoms with E-state index >= 15 is 0 Å². The van der Waals surface area contributed by atoms with Gasteiger partial charge >= 0.3 is 12.2 Å². The molecule has 176 valence electrons. The predicted octanol–water partition coefficient (Wildman–Crippen LogP) is -1.10. The van der Waals surface area contributed by atoms with Crippen molar-refractivity contribution in [3.8, 4) is 0 Å². The van der Waals surface area contributed by atoms with Gasteiger partial charge in [0.05, 0.1) is 39.5 Å². The average Bonchev–Trinajstić information content (AvgIpc) is 2.76. The minimum Gasteiger partial charge on any atom is -0.453 e. The number of nitrogens with one attached hydrogen (secondary N) is 2. The molecule has 2 saturated heterocycles.